The van der Waals surface area contributed by atoms with E-state index < -0.39 is 6.04 Å². The molecule has 4 N–H and O–H groups in total. The lowest BCUT2D eigenvalue weighted by atomic mass is 10.0. The molecule has 0 saturated carbocycles. The predicted molar refractivity (Wildman–Crippen MR) is 139 cm³/mol. The molecule has 0 heterocycles. The van der Waals surface area contributed by atoms with Crippen LogP contribution in [0.2, 0.25) is 5.02 Å². The molecule has 0 aliphatic heterocycles. The Kier molecular flexibility index (Phi) is 10.1. The van der Waals surface area contributed by atoms with Crippen molar-refractivity contribution in [1.29, 1.82) is 0 Å². The second kappa shape index (κ2) is 13.5. The van der Waals surface area contributed by atoms with Crippen LogP contribution in [-0.4, -0.2) is 24.5 Å². The number of halogens is 1. The molecule has 3 aromatic rings. The van der Waals surface area contributed by atoms with Crippen LogP contribution < -0.4 is 21.1 Å². The maximum absolute atomic E-state index is 13.1. The number of benzene rings is 3. The summed E-state index contributed by atoms with van der Waals surface area (Å²) in [5.41, 5.74) is 9.36. The molecule has 0 bridgehead atoms. The van der Waals surface area contributed by atoms with Crippen LogP contribution in [-0.2, 0) is 35.5 Å². The van der Waals surface area contributed by atoms with E-state index in [1.54, 1.807) is 6.07 Å². The Hall–Kier alpha value is -3.35. The number of rotatable bonds is 12. The second-order valence-electron chi connectivity index (χ2n) is 8.23. The Morgan fingerprint density at radius 1 is 0.971 bits per heavy atom. The zero-order chi connectivity index (χ0) is 25.0. The smallest absolute Gasteiger partial charge is 0.243 e. The summed E-state index contributed by atoms with van der Waals surface area (Å²) in [5, 5.41) is 6.37. The number of nitrogens with one attached hydrogen (secondary N) is 2. The second-order valence-corrected chi connectivity index (χ2v) is 8.64. The molecule has 2 amide bonds. The first kappa shape index (κ1) is 26.3. The summed E-state index contributed by atoms with van der Waals surface area (Å²) in [6.07, 6.45) is 1.24. The van der Waals surface area contributed by atoms with Crippen LogP contribution in [0.25, 0.3) is 0 Å². The average molecular weight is 494 g/mol. The molecule has 1 atom stereocenters. The number of amides is 2. The van der Waals surface area contributed by atoms with Crippen molar-refractivity contribution in [2.45, 2.75) is 45.3 Å². The fraction of sp³-hybridized carbons (Fsp3) is 0.286. The van der Waals surface area contributed by atoms with Crippen LogP contribution in [0.4, 0.5) is 0 Å². The molecule has 0 fully saturated rings. The third kappa shape index (κ3) is 8.42. The molecular weight excluding hydrogens is 462 g/mol. The first-order valence-electron chi connectivity index (χ1n) is 11.8. The van der Waals surface area contributed by atoms with E-state index in [1.807, 2.05) is 73.7 Å². The van der Waals surface area contributed by atoms with Gasteiger partial charge in [-0.1, -0.05) is 66.2 Å². The quantitative estimate of drug-likeness (QED) is 0.353. The Morgan fingerprint density at radius 3 is 2.34 bits per heavy atom. The number of nitrogens with two attached hydrogens (primary N) is 1. The topological polar surface area (TPSA) is 93.4 Å². The number of carbonyl (C=O) groups excluding carboxylic acids is 2. The molecule has 0 radical (unpaired) electrons. The summed E-state index contributed by atoms with van der Waals surface area (Å²) in [4.78, 5) is 25.8. The van der Waals surface area contributed by atoms with Crippen LogP contribution >= 0.6 is 11.6 Å². The van der Waals surface area contributed by atoms with Crippen LogP contribution in [0.5, 0.6) is 5.75 Å². The molecule has 0 aliphatic carbocycles. The van der Waals surface area contributed by atoms with E-state index in [0.717, 1.165) is 28.0 Å². The highest BCUT2D eigenvalue weighted by molar-refractivity contribution is 6.31. The maximum Gasteiger partial charge on any atom is 0.243 e. The van der Waals surface area contributed by atoms with Crippen molar-refractivity contribution in [1.82, 2.24) is 10.6 Å². The molecule has 35 heavy (non-hydrogen) atoms. The molecule has 0 aliphatic rings. The highest BCUT2D eigenvalue weighted by Crippen LogP contribution is 2.18. The van der Waals surface area contributed by atoms with Gasteiger partial charge >= 0.3 is 0 Å². The van der Waals surface area contributed by atoms with E-state index in [0.29, 0.717) is 31.0 Å². The largest absolute Gasteiger partial charge is 0.494 e. The zero-order valence-corrected chi connectivity index (χ0v) is 20.7. The van der Waals surface area contributed by atoms with Crippen molar-refractivity contribution in [3.8, 4) is 5.75 Å². The number of carbonyl (C=O) groups is 2. The van der Waals surface area contributed by atoms with Gasteiger partial charge in [-0.15, -0.1) is 0 Å². The van der Waals surface area contributed by atoms with Crippen LogP contribution in [0, 0.1) is 0 Å². The minimum Gasteiger partial charge on any atom is -0.494 e. The first-order chi connectivity index (χ1) is 17.0. The van der Waals surface area contributed by atoms with Crippen molar-refractivity contribution in [3.05, 3.63) is 100 Å². The minimum atomic E-state index is -0.702. The summed E-state index contributed by atoms with van der Waals surface area (Å²) >= 11 is 6.33. The lowest BCUT2D eigenvalue weighted by molar-refractivity contribution is -0.129. The van der Waals surface area contributed by atoms with E-state index in [9.17, 15) is 9.59 Å². The monoisotopic (exact) mass is 493 g/mol. The number of hydrogen-bond acceptors (Lipinski definition) is 4. The Labute approximate surface area is 211 Å². The zero-order valence-electron chi connectivity index (χ0n) is 19.9. The first-order valence-corrected chi connectivity index (χ1v) is 12.2. The van der Waals surface area contributed by atoms with Crippen molar-refractivity contribution >= 4 is 23.4 Å². The third-order valence-electron chi connectivity index (χ3n) is 5.62. The van der Waals surface area contributed by atoms with Crippen LogP contribution in [0.15, 0.2) is 72.8 Å². The van der Waals surface area contributed by atoms with Gasteiger partial charge in [0.2, 0.25) is 11.8 Å². The summed E-state index contributed by atoms with van der Waals surface area (Å²) in [7, 11) is 0. The van der Waals surface area contributed by atoms with Gasteiger partial charge < -0.3 is 21.1 Å². The Balaban J connectivity index is 1.61. The molecule has 3 rings (SSSR count). The van der Waals surface area contributed by atoms with Gasteiger partial charge in [0.1, 0.15) is 11.8 Å². The normalized spacial score (nSPS) is 11.5. The molecule has 184 valence electrons. The van der Waals surface area contributed by atoms with Crippen LogP contribution in [0.3, 0.4) is 0 Å². The summed E-state index contributed by atoms with van der Waals surface area (Å²) in [6.45, 7) is 3.20. The van der Waals surface area contributed by atoms with Gasteiger partial charge in [-0.3, -0.25) is 9.59 Å². The number of ether oxygens (including phenoxy) is 1. The van der Waals surface area contributed by atoms with Crippen molar-refractivity contribution in [3.63, 3.8) is 0 Å². The summed E-state index contributed by atoms with van der Waals surface area (Å²) < 4.78 is 5.46. The van der Waals surface area contributed by atoms with Gasteiger partial charge in [-0.05, 0) is 53.8 Å². The third-order valence-corrected chi connectivity index (χ3v) is 5.97. The highest BCUT2D eigenvalue weighted by atomic mass is 35.5. The predicted octanol–water partition coefficient (Wildman–Crippen LogP) is 4.17. The van der Waals surface area contributed by atoms with Crippen molar-refractivity contribution < 1.29 is 14.3 Å². The standard InChI is InChI=1S/C28H32ClN3O3/c1-2-35-24-13-9-20(10-14-24)11-15-27(33)32-26(17-21-6-4-3-5-7-21)28(34)31-19-23-12-8-22(18-30)16-25(23)29/h3-10,12-14,16,26H,2,11,15,17-19,30H2,1H3,(H,31,34)(H,32,33). The lowest BCUT2D eigenvalue weighted by Gasteiger charge is -2.19. The summed E-state index contributed by atoms with van der Waals surface area (Å²) in [5.74, 6) is 0.362. The van der Waals surface area contributed by atoms with Gasteiger partial charge in [0.15, 0.2) is 0 Å². The molecular formula is C28H32ClN3O3. The van der Waals surface area contributed by atoms with E-state index in [1.165, 1.54) is 0 Å². The van der Waals surface area contributed by atoms with Gasteiger partial charge in [-0.25, -0.2) is 0 Å². The number of hydrogen-bond donors (Lipinski definition) is 3. The van der Waals surface area contributed by atoms with Gasteiger partial charge in [0.05, 0.1) is 6.61 Å². The number of aryl methyl sites for hydroxylation is 1. The van der Waals surface area contributed by atoms with E-state index in [4.69, 9.17) is 22.1 Å². The molecule has 3 aromatic carbocycles. The van der Waals surface area contributed by atoms with Crippen LogP contribution in [0.1, 0.15) is 35.6 Å². The van der Waals surface area contributed by atoms with Gasteiger partial charge in [0, 0.05) is 31.0 Å². The average Bonchev–Trinajstić information content (AvgIpc) is 2.87. The molecule has 7 heteroatoms. The van der Waals surface area contributed by atoms with Crippen molar-refractivity contribution in [2.24, 2.45) is 5.73 Å². The van der Waals surface area contributed by atoms with Gasteiger partial charge in [0.25, 0.3) is 0 Å². The molecule has 0 spiro atoms. The highest BCUT2D eigenvalue weighted by Gasteiger charge is 2.21. The van der Waals surface area contributed by atoms with E-state index in [-0.39, 0.29) is 24.8 Å². The van der Waals surface area contributed by atoms with E-state index in [2.05, 4.69) is 10.6 Å². The Morgan fingerprint density at radius 2 is 1.69 bits per heavy atom. The van der Waals surface area contributed by atoms with Crippen molar-refractivity contribution in [2.75, 3.05) is 6.61 Å². The fourth-order valence-corrected chi connectivity index (χ4v) is 3.94. The molecule has 6 nitrogen and oxygen atoms in total. The Bertz CT molecular complexity index is 1100. The molecule has 1 unspecified atom stereocenters. The SMILES string of the molecule is CCOc1ccc(CCC(=O)NC(Cc2ccccc2)C(=O)NCc2ccc(CN)cc2Cl)cc1. The summed E-state index contributed by atoms with van der Waals surface area (Å²) in [6, 6.07) is 22.2. The molecule has 0 saturated heterocycles. The minimum absolute atomic E-state index is 0.180. The maximum atomic E-state index is 13.1. The fourth-order valence-electron chi connectivity index (χ4n) is 3.67. The van der Waals surface area contributed by atoms with Gasteiger partial charge in [-0.2, -0.15) is 0 Å². The van der Waals surface area contributed by atoms with E-state index >= 15 is 0 Å². The molecule has 0 aromatic heterocycles. The lowest BCUT2D eigenvalue weighted by Crippen LogP contribution is -2.47.